The van der Waals surface area contributed by atoms with E-state index in [0.29, 0.717) is 28.6 Å². The Kier molecular flexibility index (Phi) is 4.17. The number of rotatable bonds is 3. The molecule has 3 rings (SSSR count). The van der Waals surface area contributed by atoms with Gasteiger partial charge in [0.15, 0.2) is 11.9 Å². The lowest BCUT2D eigenvalue weighted by Gasteiger charge is -2.19. The molecule has 5 nitrogen and oxygen atoms in total. The minimum atomic E-state index is -0.400. The molecule has 2 aromatic rings. The van der Waals surface area contributed by atoms with Crippen molar-refractivity contribution in [3.05, 3.63) is 46.2 Å². The lowest BCUT2D eigenvalue weighted by molar-refractivity contribution is -0.111. The van der Waals surface area contributed by atoms with Crippen molar-refractivity contribution in [3.63, 3.8) is 0 Å². The number of anilines is 1. The fraction of sp³-hybridized carbons (Fsp3) is 0.200. The third-order valence-electron chi connectivity index (χ3n) is 2.97. The van der Waals surface area contributed by atoms with Crippen molar-refractivity contribution >= 4 is 28.5 Å². The molecule has 0 aliphatic carbocycles. The molecule has 22 heavy (non-hydrogen) atoms. The van der Waals surface area contributed by atoms with E-state index in [2.05, 4.69) is 10.3 Å². The molecule has 0 saturated heterocycles. The first-order valence-corrected chi connectivity index (χ1v) is 7.44. The van der Waals surface area contributed by atoms with Crippen molar-refractivity contribution in [2.24, 2.45) is 0 Å². The number of halogens is 1. The molecule has 7 heteroatoms. The van der Waals surface area contributed by atoms with Crippen LogP contribution in [0, 0.1) is 12.7 Å². The number of hydrogen-bond acceptors (Lipinski definition) is 5. The Labute approximate surface area is 130 Å². The van der Waals surface area contributed by atoms with Gasteiger partial charge in [0.25, 0.3) is 0 Å². The lowest BCUT2D eigenvalue weighted by Crippen LogP contribution is -2.13. The smallest absolute Gasteiger partial charge is 0.250 e. The number of nitrogens with one attached hydrogen (secondary N) is 1. The molecule has 0 spiro atoms. The average molecular weight is 320 g/mol. The van der Waals surface area contributed by atoms with Crippen molar-refractivity contribution in [1.29, 1.82) is 0 Å². The summed E-state index contributed by atoms with van der Waals surface area (Å²) < 4.78 is 24.1. The van der Waals surface area contributed by atoms with Crippen molar-refractivity contribution in [2.45, 2.75) is 13.5 Å². The Bertz CT molecular complexity index is 742. The monoisotopic (exact) mass is 320 g/mol. The minimum Gasteiger partial charge on any atom is -0.467 e. The largest absolute Gasteiger partial charge is 0.467 e. The van der Waals surface area contributed by atoms with Crippen molar-refractivity contribution in [1.82, 2.24) is 4.98 Å². The van der Waals surface area contributed by atoms with Crippen LogP contribution in [0.5, 0.6) is 5.75 Å². The van der Waals surface area contributed by atoms with Crippen LogP contribution < -0.4 is 10.1 Å². The SMILES string of the molecule is Cc1csc(NC(=O)C=Cc2cc(F)cc3c2OCOC3)n1. The number of benzene rings is 1. The Morgan fingerprint density at radius 1 is 1.50 bits per heavy atom. The summed E-state index contributed by atoms with van der Waals surface area (Å²) in [7, 11) is 0. The zero-order valence-electron chi connectivity index (χ0n) is 11.8. The molecule has 0 bridgehead atoms. The summed E-state index contributed by atoms with van der Waals surface area (Å²) in [6.07, 6.45) is 2.84. The van der Waals surface area contributed by atoms with Crippen LogP contribution in [0.4, 0.5) is 9.52 Å². The van der Waals surface area contributed by atoms with Gasteiger partial charge in [0.1, 0.15) is 11.6 Å². The fourth-order valence-electron chi connectivity index (χ4n) is 2.06. The summed E-state index contributed by atoms with van der Waals surface area (Å²) in [5.41, 5.74) is 1.97. The molecule has 1 aromatic heterocycles. The molecule has 0 radical (unpaired) electrons. The number of fused-ring (bicyclic) bond motifs is 1. The lowest BCUT2D eigenvalue weighted by atomic mass is 10.1. The van der Waals surface area contributed by atoms with Gasteiger partial charge in [-0.3, -0.25) is 10.1 Å². The molecule has 1 N–H and O–H groups in total. The van der Waals surface area contributed by atoms with Gasteiger partial charge in [-0.2, -0.15) is 0 Å². The van der Waals surface area contributed by atoms with E-state index in [-0.39, 0.29) is 12.7 Å². The maximum absolute atomic E-state index is 13.6. The van der Waals surface area contributed by atoms with E-state index in [9.17, 15) is 9.18 Å². The van der Waals surface area contributed by atoms with E-state index in [1.165, 1.54) is 35.6 Å². The summed E-state index contributed by atoms with van der Waals surface area (Å²) in [6, 6.07) is 2.69. The van der Waals surface area contributed by atoms with Gasteiger partial charge in [-0.05, 0) is 25.1 Å². The van der Waals surface area contributed by atoms with E-state index in [1.54, 1.807) is 0 Å². The highest BCUT2D eigenvalue weighted by Crippen LogP contribution is 2.30. The Morgan fingerprint density at radius 2 is 2.36 bits per heavy atom. The van der Waals surface area contributed by atoms with E-state index in [4.69, 9.17) is 9.47 Å². The van der Waals surface area contributed by atoms with Crippen LogP contribution in [-0.2, 0) is 16.1 Å². The highest BCUT2D eigenvalue weighted by atomic mass is 32.1. The summed E-state index contributed by atoms with van der Waals surface area (Å²) in [6.45, 7) is 2.25. The molecule has 114 valence electrons. The topological polar surface area (TPSA) is 60.5 Å². The predicted octanol–water partition coefficient (Wildman–Crippen LogP) is 3.11. The highest BCUT2D eigenvalue weighted by molar-refractivity contribution is 7.13. The van der Waals surface area contributed by atoms with Crippen LogP contribution in [-0.4, -0.2) is 17.7 Å². The first-order chi connectivity index (χ1) is 10.6. The zero-order chi connectivity index (χ0) is 15.5. The summed E-state index contributed by atoms with van der Waals surface area (Å²) >= 11 is 1.35. The first kappa shape index (κ1) is 14.7. The number of thiazole rings is 1. The Hall–Kier alpha value is -2.25. The molecule has 1 aliphatic rings. The number of aromatic nitrogens is 1. The van der Waals surface area contributed by atoms with Crippen LogP contribution in [0.15, 0.2) is 23.6 Å². The van der Waals surface area contributed by atoms with Gasteiger partial charge in [-0.1, -0.05) is 0 Å². The Balaban J connectivity index is 1.77. The maximum atomic E-state index is 13.6. The Morgan fingerprint density at radius 3 is 3.14 bits per heavy atom. The van der Waals surface area contributed by atoms with E-state index in [0.717, 1.165) is 5.69 Å². The number of amides is 1. The normalized spacial score (nSPS) is 13.7. The van der Waals surface area contributed by atoms with E-state index in [1.807, 2.05) is 12.3 Å². The van der Waals surface area contributed by atoms with E-state index >= 15 is 0 Å². The number of hydrogen-bond donors (Lipinski definition) is 1. The van der Waals surface area contributed by atoms with Crippen LogP contribution in [0.1, 0.15) is 16.8 Å². The van der Waals surface area contributed by atoms with Gasteiger partial charge < -0.3 is 9.47 Å². The molecule has 1 amide bonds. The third kappa shape index (κ3) is 3.32. The second-order valence-corrected chi connectivity index (χ2v) is 5.57. The van der Waals surface area contributed by atoms with Gasteiger partial charge in [-0.25, -0.2) is 9.37 Å². The zero-order valence-corrected chi connectivity index (χ0v) is 12.6. The number of carbonyl (C=O) groups excluding carboxylic acids is 1. The van der Waals surface area contributed by atoms with Gasteiger partial charge in [0, 0.05) is 22.6 Å². The van der Waals surface area contributed by atoms with Gasteiger partial charge in [-0.15, -0.1) is 11.3 Å². The number of carbonyl (C=O) groups is 1. The molecular formula is C15H13FN2O3S. The van der Waals surface area contributed by atoms with Crippen molar-refractivity contribution in [2.75, 3.05) is 12.1 Å². The van der Waals surface area contributed by atoms with Crippen LogP contribution in [0.3, 0.4) is 0 Å². The molecule has 0 fully saturated rings. The average Bonchev–Trinajstić information content (AvgIpc) is 2.89. The molecule has 2 heterocycles. The van der Waals surface area contributed by atoms with Crippen molar-refractivity contribution < 1.29 is 18.7 Å². The molecule has 0 unspecified atom stereocenters. The third-order valence-corrected chi connectivity index (χ3v) is 3.84. The van der Waals surface area contributed by atoms with Gasteiger partial charge in [0.05, 0.1) is 12.3 Å². The molecule has 1 aromatic carbocycles. The van der Waals surface area contributed by atoms with E-state index < -0.39 is 5.82 Å². The first-order valence-electron chi connectivity index (χ1n) is 6.56. The number of ether oxygens (including phenoxy) is 2. The second-order valence-electron chi connectivity index (χ2n) is 4.71. The summed E-state index contributed by atoms with van der Waals surface area (Å²) in [4.78, 5) is 16.0. The van der Waals surface area contributed by atoms with Crippen LogP contribution >= 0.6 is 11.3 Å². The maximum Gasteiger partial charge on any atom is 0.250 e. The summed E-state index contributed by atoms with van der Waals surface area (Å²) in [5.74, 6) is -0.190. The van der Waals surface area contributed by atoms with Crippen molar-refractivity contribution in [3.8, 4) is 5.75 Å². The quantitative estimate of drug-likeness (QED) is 0.883. The van der Waals surface area contributed by atoms with Crippen LogP contribution in [0.2, 0.25) is 0 Å². The highest BCUT2D eigenvalue weighted by Gasteiger charge is 2.15. The minimum absolute atomic E-state index is 0.115. The predicted molar refractivity (Wildman–Crippen MR) is 81.2 cm³/mol. The van der Waals surface area contributed by atoms with Gasteiger partial charge >= 0.3 is 0 Å². The number of aryl methyl sites for hydroxylation is 1. The molecule has 1 aliphatic heterocycles. The number of nitrogens with zero attached hydrogens (tertiary/aromatic N) is 1. The standard InChI is InChI=1S/C15H13FN2O3S/c1-9-7-22-15(17-9)18-13(19)3-2-10-4-12(16)5-11-6-20-8-21-14(10)11/h2-5,7H,6,8H2,1H3,(H,17,18,19). The molecule has 0 saturated carbocycles. The molecular weight excluding hydrogens is 307 g/mol. The van der Waals surface area contributed by atoms with Crippen LogP contribution in [0.25, 0.3) is 6.08 Å². The van der Waals surface area contributed by atoms with Gasteiger partial charge in [0.2, 0.25) is 5.91 Å². The molecule has 0 atom stereocenters. The summed E-state index contributed by atoms with van der Waals surface area (Å²) in [5, 5.41) is 5.02. The fourth-order valence-corrected chi connectivity index (χ4v) is 2.75. The second kappa shape index (κ2) is 6.25.